The number of benzene rings is 1. The number of nitrogens with zero attached hydrogens (tertiary/aromatic N) is 5. The zero-order valence-electron chi connectivity index (χ0n) is 18.7. The van der Waals surface area contributed by atoms with E-state index in [1.807, 2.05) is 6.07 Å². The normalized spacial score (nSPS) is 18.3. The fourth-order valence-corrected chi connectivity index (χ4v) is 4.76. The average Bonchev–Trinajstić information content (AvgIpc) is 2.85. The third-order valence-electron chi connectivity index (χ3n) is 6.59. The molecular formula is C25H31N5O2. The van der Waals surface area contributed by atoms with Gasteiger partial charge >= 0.3 is 0 Å². The van der Waals surface area contributed by atoms with Gasteiger partial charge in [0.15, 0.2) is 5.82 Å². The van der Waals surface area contributed by atoms with Crippen LogP contribution in [0.4, 0.5) is 11.6 Å². The van der Waals surface area contributed by atoms with Crippen molar-refractivity contribution in [3.8, 4) is 5.88 Å². The predicted octanol–water partition coefficient (Wildman–Crippen LogP) is 3.94. The van der Waals surface area contributed by atoms with Gasteiger partial charge in [-0.25, -0.2) is 15.0 Å². The van der Waals surface area contributed by atoms with Crippen LogP contribution in [0.3, 0.4) is 0 Å². The Morgan fingerprint density at radius 3 is 2.44 bits per heavy atom. The number of hydrogen-bond acceptors (Lipinski definition) is 7. The molecule has 0 atom stereocenters. The number of pyridine rings is 1. The fourth-order valence-electron chi connectivity index (χ4n) is 4.76. The number of para-hydroxylation sites is 1. The highest BCUT2D eigenvalue weighted by Gasteiger charge is 2.26. The lowest BCUT2D eigenvalue weighted by Crippen LogP contribution is -2.39. The Balaban J connectivity index is 1.20. The highest BCUT2D eigenvalue weighted by molar-refractivity contribution is 5.80. The maximum absolute atomic E-state index is 6.38. The molecule has 0 aliphatic carbocycles. The second-order valence-corrected chi connectivity index (χ2v) is 8.74. The van der Waals surface area contributed by atoms with Crippen molar-refractivity contribution in [2.24, 2.45) is 5.92 Å². The minimum atomic E-state index is 0.146. The molecule has 0 radical (unpaired) electrons. The van der Waals surface area contributed by atoms with Gasteiger partial charge in [0.2, 0.25) is 0 Å². The predicted molar refractivity (Wildman–Crippen MR) is 126 cm³/mol. The second-order valence-electron chi connectivity index (χ2n) is 8.74. The van der Waals surface area contributed by atoms with Crippen molar-refractivity contribution in [3.63, 3.8) is 0 Å². The van der Waals surface area contributed by atoms with Crippen molar-refractivity contribution in [2.75, 3.05) is 49.7 Å². The van der Waals surface area contributed by atoms with Gasteiger partial charge in [0.25, 0.3) is 5.88 Å². The maximum atomic E-state index is 6.38. The molecule has 168 valence electrons. The zero-order chi connectivity index (χ0) is 21.8. The number of methoxy groups -OCH3 is 1. The smallest absolute Gasteiger partial charge is 0.257 e. The minimum Gasteiger partial charge on any atom is -0.472 e. The molecule has 7 heteroatoms. The summed E-state index contributed by atoms with van der Waals surface area (Å²) in [6.07, 6.45) is 7.75. The summed E-state index contributed by atoms with van der Waals surface area (Å²) in [4.78, 5) is 18.7. The number of anilines is 2. The SMILES string of the molecule is COCC1CCN(c2nccnc2OC2CCN(c3ccc4ccccc4n3)CC2)CC1. The molecule has 5 rings (SSSR count). The number of piperidine rings is 2. The van der Waals surface area contributed by atoms with Crippen LogP contribution < -0.4 is 14.5 Å². The first-order valence-electron chi connectivity index (χ1n) is 11.6. The number of rotatable bonds is 6. The molecule has 7 nitrogen and oxygen atoms in total. The van der Waals surface area contributed by atoms with Gasteiger partial charge in [0.05, 0.1) is 5.52 Å². The van der Waals surface area contributed by atoms with E-state index in [1.165, 1.54) is 5.39 Å². The van der Waals surface area contributed by atoms with E-state index in [4.69, 9.17) is 14.5 Å². The van der Waals surface area contributed by atoms with Crippen LogP contribution in [0.2, 0.25) is 0 Å². The second kappa shape index (κ2) is 9.69. The molecule has 0 unspecified atom stereocenters. The third kappa shape index (κ3) is 4.63. The van der Waals surface area contributed by atoms with Crippen molar-refractivity contribution in [3.05, 3.63) is 48.8 Å². The first kappa shape index (κ1) is 20.9. The van der Waals surface area contributed by atoms with Crippen molar-refractivity contribution >= 4 is 22.5 Å². The van der Waals surface area contributed by atoms with E-state index in [0.29, 0.717) is 11.8 Å². The van der Waals surface area contributed by atoms with Crippen LogP contribution in [0.5, 0.6) is 5.88 Å². The monoisotopic (exact) mass is 433 g/mol. The molecule has 1 aromatic carbocycles. The van der Waals surface area contributed by atoms with Crippen LogP contribution in [-0.4, -0.2) is 61.0 Å². The van der Waals surface area contributed by atoms with Crippen LogP contribution in [0.25, 0.3) is 10.9 Å². The molecule has 3 aromatic rings. The molecule has 2 fully saturated rings. The maximum Gasteiger partial charge on any atom is 0.257 e. The highest BCUT2D eigenvalue weighted by atomic mass is 16.5. The van der Waals surface area contributed by atoms with E-state index in [2.05, 4.69) is 50.1 Å². The van der Waals surface area contributed by atoms with Crippen LogP contribution in [0, 0.1) is 5.92 Å². The summed E-state index contributed by atoms with van der Waals surface area (Å²) >= 11 is 0. The Morgan fingerprint density at radius 2 is 1.62 bits per heavy atom. The van der Waals surface area contributed by atoms with Crippen LogP contribution in [0.1, 0.15) is 25.7 Å². The van der Waals surface area contributed by atoms with E-state index in [9.17, 15) is 0 Å². The molecular weight excluding hydrogens is 402 g/mol. The molecule has 0 N–H and O–H groups in total. The van der Waals surface area contributed by atoms with Gasteiger partial charge in [-0.2, -0.15) is 0 Å². The summed E-state index contributed by atoms with van der Waals surface area (Å²) in [5.41, 5.74) is 1.04. The van der Waals surface area contributed by atoms with Crippen LogP contribution >= 0.6 is 0 Å². The van der Waals surface area contributed by atoms with Gasteiger partial charge in [-0.05, 0) is 37.0 Å². The molecule has 4 heterocycles. The minimum absolute atomic E-state index is 0.146. The summed E-state index contributed by atoms with van der Waals surface area (Å²) in [6, 6.07) is 12.5. The molecule has 2 aromatic heterocycles. The van der Waals surface area contributed by atoms with Gasteiger partial charge in [0, 0.05) is 70.5 Å². The van der Waals surface area contributed by atoms with Gasteiger partial charge in [-0.1, -0.05) is 18.2 Å². The largest absolute Gasteiger partial charge is 0.472 e. The lowest BCUT2D eigenvalue weighted by Gasteiger charge is -2.35. The van der Waals surface area contributed by atoms with Gasteiger partial charge < -0.3 is 19.3 Å². The summed E-state index contributed by atoms with van der Waals surface area (Å²) in [5.74, 6) is 3.22. The van der Waals surface area contributed by atoms with Crippen molar-refractivity contribution in [1.82, 2.24) is 15.0 Å². The number of ether oxygens (including phenoxy) is 2. The Labute approximate surface area is 189 Å². The lowest BCUT2D eigenvalue weighted by molar-refractivity contribution is 0.138. The molecule has 2 aliphatic rings. The van der Waals surface area contributed by atoms with E-state index in [0.717, 1.165) is 75.6 Å². The Kier molecular flexibility index (Phi) is 6.34. The number of fused-ring (bicyclic) bond motifs is 1. The first-order chi connectivity index (χ1) is 15.8. The summed E-state index contributed by atoms with van der Waals surface area (Å²) in [5, 5.41) is 1.18. The summed E-state index contributed by atoms with van der Waals surface area (Å²) < 4.78 is 11.7. The Morgan fingerprint density at radius 1 is 0.875 bits per heavy atom. The van der Waals surface area contributed by atoms with Crippen LogP contribution in [0.15, 0.2) is 48.8 Å². The van der Waals surface area contributed by atoms with E-state index in [-0.39, 0.29) is 6.10 Å². The molecule has 0 spiro atoms. The Bertz CT molecular complexity index is 1030. The number of hydrogen-bond donors (Lipinski definition) is 0. The van der Waals surface area contributed by atoms with Crippen molar-refractivity contribution < 1.29 is 9.47 Å². The van der Waals surface area contributed by atoms with Crippen molar-refractivity contribution in [1.29, 1.82) is 0 Å². The standard InChI is InChI=1S/C25H31N5O2/c1-31-18-19-8-14-30(15-9-19)24-25(27-13-12-26-24)32-21-10-16-29(17-11-21)23-7-6-20-4-2-3-5-22(20)28-23/h2-7,12-13,19,21H,8-11,14-18H2,1H3. The third-order valence-corrected chi connectivity index (χ3v) is 6.59. The topological polar surface area (TPSA) is 63.6 Å². The van der Waals surface area contributed by atoms with Gasteiger partial charge in [0.1, 0.15) is 11.9 Å². The molecule has 0 saturated carbocycles. The molecule has 32 heavy (non-hydrogen) atoms. The summed E-state index contributed by atoms with van der Waals surface area (Å²) in [7, 11) is 1.78. The quantitative estimate of drug-likeness (QED) is 0.583. The molecule has 2 saturated heterocycles. The van der Waals surface area contributed by atoms with E-state index >= 15 is 0 Å². The van der Waals surface area contributed by atoms with Crippen molar-refractivity contribution in [2.45, 2.75) is 31.8 Å². The molecule has 2 aliphatic heterocycles. The average molecular weight is 434 g/mol. The van der Waals surface area contributed by atoms with E-state index < -0.39 is 0 Å². The fraction of sp³-hybridized carbons (Fsp3) is 0.480. The zero-order valence-corrected chi connectivity index (χ0v) is 18.7. The highest BCUT2D eigenvalue weighted by Crippen LogP contribution is 2.30. The van der Waals surface area contributed by atoms with E-state index in [1.54, 1.807) is 19.5 Å². The van der Waals surface area contributed by atoms with Crippen LogP contribution in [-0.2, 0) is 4.74 Å². The van der Waals surface area contributed by atoms with Gasteiger partial charge in [-0.15, -0.1) is 0 Å². The molecule has 0 amide bonds. The summed E-state index contributed by atoms with van der Waals surface area (Å²) in [6.45, 7) is 4.62. The lowest BCUT2D eigenvalue weighted by atomic mass is 9.98. The molecule has 0 bridgehead atoms. The Hall–Kier alpha value is -2.93. The first-order valence-corrected chi connectivity index (χ1v) is 11.6. The number of aromatic nitrogens is 3. The van der Waals surface area contributed by atoms with Gasteiger partial charge in [-0.3, -0.25) is 0 Å².